The van der Waals surface area contributed by atoms with Crippen LogP contribution in [-0.2, 0) is 6.54 Å². The van der Waals surface area contributed by atoms with Crippen molar-refractivity contribution in [3.05, 3.63) is 69.9 Å². The Balaban J connectivity index is 2.28. The van der Waals surface area contributed by atoms with Crippen LogP contribution in [0.5, 0.6) is 0 Å². The molecule has 1 heterocycles. The van der Waals surface area contributed by atoms with Gasteiger partial charge in [-0.2, -0.15) is 5.26 Å². The molecule has 0 saturated heterocycles. The molecule has 0 aliphatic rings. The van der Waals surface area contributed by atoms with Gasteiger partial charge >= 0.3 is 0 Å². The Hall–Kier alpha value is -2.24. The van der Waals surface area contributed by atoms with Gasteiger partial charge in [-0.3, -0.25) is 0 Å². The highest BCUT2D eigenvalue weighted by Gasteiger charge is 2.17. The molecular formula is C18H15ClN2. The van der Waals surface area contributed by atoms with Crippen LogP contribution in [0.1, 0.15) is 22.3 Å². The summed E-state index contributed by atoms with van der Waals surface area (Å²) in [6, 6.07) is 16.6. The predicted octanol–water partition coefficient (Wildman–Crippen LogP) is 4.83. The molecule has 0 radical (unpaired) electrons. The maximum atomic E-state index is 9.43. The predicted molar refractivity (Wildman–Crippen MR) is 86.7 cm³/mol. The van der Waals surface area contributed by atoms with Gasteiger partial charge in [-0.25, -0.2) is 0 Å². The van der Waals surface area contributed by atoms with Gasteiger partial charge in [0.05, 0.1) is 11.1 Å². The van der Waals surface area contributed by atoms with Crippen molar-refractivity contribution in [2.75, 3.05) is 0 Å². The molecule has 0 spiro atoms. The third-order valence-corrected chi connectivity index (χ3v) is 4.12. The summed E-state index contributed by atoms with van der Waals surface area (Å²) in [4.78, 5) is 0. The van der Waals surface area contributed by atoms with Crippen molar-refractivity contribution in [1.82, 2.24) is 4.57 Å². The molecule has 2 nitrogen and oxygen atoms in total. The first-order chi connectivity index (χ1) is 10.1. The van der Waals surface area contributed by atoms with Crippen LogP contribution >= 0.6 is 11.6 Å². The lowest BCUT2D eigenvalue weighted by Gasteiger charge is -2.09. The van der Waals surface area contributed by atoms with Gasteiger partial charge in [0.2, 0.25) is 0 Å². The second-order valence-electron chi connectivity index (χ2n) is 5.33. The molecule has 0 atom stereocenters. The van der Waals surface area contributed by atoms with Gasteiger partial charge in [0.1, 0.15) is 11.2 Å². The molecular weight excluding hydrogens is 280 g/mol. The normalized spacial score (nSPS) is 10.8. The second-order valence-corrected chi connectivity index (χ2v) is 5.69. The van der Waals surface area contributed by atoms with E-state index in [2.05, 4.69) is 31.2 Å². The summed E-state index contributed by atoms with van der Waals surface area (Å²) in [7, 11) is 0. The summed E-state index contributed by atoms with van der Waals surface area (Å²) in [5.41, 5.74) is 5.07. The lowest BCUT2D eigenvalue weighted by Crippen LogP contribution is -2.00. The Morgan fingerprint density at radius 3 is 2.52 bits per heavy atom. The Labute approximate surface area is 129 Å². The van der Waals surface area contributed by atoms with Crippen LogP contribution in [0.15, 0.2) is 42.5 Å². The van der Waals surface area contributed by atoms with Gasteiger partial charge < -0.3 is 4.57 Å². The van der Waals surface area contributed by atoms with Crippen molar-refractivity contribution in [1.29, 1.82) is 5.26 Å². The minimum atomic E-state index is 0.519. The molecule has 1 aromatic heterocycles. The first-order valence-corrected chi connectivity index (χ1v) is 7.22. The Morgan fingerprint density at radius 2 is 1.86 bits per heavy atom. The SMILES string of the molecule is Cc1cc(C)c2c(c1)c(C#N)c(Cl)n2Cc1ccccc1. The van der Waals surface area contributed by atoms with Crippen molar-refractivity contribution in [2.24, 2.45) is 0 Å². The molecule has 0 N–H and O–H groups in total. The highest BCUT2D eigenvalue weighted by molar-refractivity contribution is 6.32. The lowest BCUT2D eigenvalue weighted by molar-refractivity contribution is 0.834. The van der Waals surface area contributed by atoms with Crippen molar-refractivity contribution in [3.63, 3.8) is 0 Å². The first-order valence-electron chi connectivity index (χ1n) is 6.84. The summed E-state index contributed by atoms with van der Waals surface area (Å²) < 4.78 is 2.03. The van der Waals surface area contributed by atoms with E-state index in [1.807, 2.05) is 35.8 Å². The van der Waals surface area contributed by atoms with Gasteiger partial charge in [-0.05, 0) is 31.0 Å². The number of hydrogen-bond donors (Lipinski definition) is 0. The average Bonchev–Trinajstić information content (AvgIpc) is 2.72. The van der Waals surface area contributed by atoms with Gasteiger partial charge in [-0.1, -0.05) is 53.6 Å². The molecule has 3 rings (SSSR count). The lowest BCUT2D eigenvalue weighted by atomic mass is 10.1. The van der Waals surface area contributed by atoms with E-state index in [0.717, 1.165) is 22.0 Å². The van der Waals surface area contributed by atoms with E-state index in [4.69, 9.17) is 11.6 Å². The molecule has 3 heteroatoms. The minimum absolute atomic E-state index is 0.519. The molecule has 21 heavy (non-hydrogen) atoms. The average molecular weight is 295 g/mol. The summed E-state index contributed by atoms with van der Waals surface area (Å²) >= 11 is 6.47. The molecule has 3 aromatic rings. The number of halogens is 1. The van der Waals surface area contributed by atoms with Crippen LogP contribution in [0.3, 0.4) is 0 Å². The maximum absolute atomic E-state index is 9.43. The number of hydrogen-bond acceptors (Lipinski definition) is 1. The number of aromatic nitrogens is 1. The number of rotatable bonds is 2. The Bertz CT molecular complexity index is 855. The van der Waals surface area contributed by atoms with E-state index in [1.54, 1.807) is 0 Å². The Kier molecular flexibility index (Phi) is 3.45. The zero-order valence-corrected chi connectivity index (χ0v) is 12.8. The summed E-state index contributed by atoms with van der Waals surface area (Å²) in [6.07, 6.45) is 0. The zero-order valence-electron chi connectivity index (χ0n) is 12.0. The number of nitrogens with zero attached hydrogens (tertiary/aromatic N) is 2. The summed E-state index contributed by atoms with van der Waals surface area (Å²) in [5.74, 6) is 0. The number of aryl methyl sites for hydroxylation is 2. The molecule has 2 aromatic carbocycles. The monoisotopic (exact) mass is 294 g/mol. The summed E-state index contributed by atoms with van der Waals surface area (Å²) in [6.45, 7) is 4.77. The number of benzene rings is 2. The number of fused-ring (bicyclic) bond motifs is 1. The van der Waals surface area contributed by atoms with Crippen LogP contribution in [0.2, 0.25) is 5.15 Å². The zero-order chi connectivity index (χ0) is 15.0. The van der Waals surface area contributed by atoms with Crippen molar-refractivity contribution in [2.45, 2.75) is 20.4 Å². The van der Waals surface area contributed by atoms with Gasteiger partial charge in [0, 0.05) is 11.9 Å². The molecule has 0 amide bonds. The molecule has 104 valence electrons. The van der Waals surface area contributed by atoms with Crippen molar-refractivity contribution in [3.8, 4) is 6.07 Å². The van der Waals surface area contributed by atoms with E-state index >= 15 is 0 Å². The van der Waals surface area contributed by atoms with E-state index in [0.29, 0.717) is 17.3 Å². The topological polar surface area (TPSA) is 28.7 Å². The van der Waals surface area contributed by atoms with Gasteiger partial charge in [0.25, 0.3) is 0 Å². The minimum Gasteiger partial charge on any atom is -0.326 e. The molecule has 0 unspecified atom stereocenters. The van der Waals surface area contributed by atoms with E-state index in [-0.39, 0.29) is 0 Å². The fourth-order valence-electron chi connectivity index (χ4n) is 2.87. The quantitative estimate of drug-likeness (QED) is 0.665. The number of nitriles is 1. The standard InChI is InChI=1S/C18H15ClN2/c1-12-8-13(2)17-15(9-12)16(10-20)18(19)21(17)11-14-6-4-3-5-7-14/h3-9H,11H2,1-2H3. The van der Waals surface area contributed by atoms with Gasteiger partial charge in [0.15, 0.2) is 0 Å². The second kappa shape index (κ2) is 5.27. The molecule has 0 bridgehead atoms. The van der Waals surface area contributed by atoms with E-state index in [1.165, 1.54) is 5.56 Å². The largest absolute Gasteiger partial charge is 0.326 e. The molecule has 0 saturated carbocycles. The highest BCUT2D eigenvalue weighted by atomic mass is 35.5. The Morgan fingerprint density at radius 1 is 1.14 bits per heavy atom. The molecule has 0 aliphatic heterocycles. The fourth-order valence-corrected chi connectivity index (χ4v) is 3.16. The van der Waals surface area contributed by atoms with E-state index < -0.39 is 0 Å². The highest BCUT2D eigenvalue weighted by Crippen LogP contribution is 2.33. The van der Waals surface area contributed by atoms with Crippen LogP contribution in [0, 0.1) is 25.2 Å². The van der Waals surface area contributed by atoms with E-state index in [9.17, 15) is 5.26 Å². The van der Waals surface area contributed by atoms with Crippen LogP contribution < -0.4 is 0 Å². The third kappa shape index (κ3) is 2.30. The van der Waals surface area contributed by atoms with Gasteiger partial charge in [-0.15, -0.1) is 0 Å². The van der Waals surface area contributed by atoms with Crippen molar-refractivity contribution >= 4 is 22.5 Å². The van der Waals surface area contributed by atoms with Crippen molar-refractivity contribution < 1.29 is 0 Å². The van der Waals surface area contributed by atoms with Crippen LogP contribution in [0.25, 0.3) is 10.9 Å². The molecule has 0 aliphatic carbocycles. The first kappa shape index (κ1) is 13.7. The van der Waals surface area contributed by atoms with Crippen LogP contribution in [-0.4, -0.2) is 4.57 Å². The smallest absolute Gasteiger partial charge is 0.128 e. The third-order valence-electron chi connectivity index (χ3n) is 3.72. The summed E-state index contributed by atoms with van der Waals surface area (Å²) in [5, 5.41) is 10.9. The molecule has 0 fully saturated rings. The maximum Gasteiger partial charge on any atom is 0.128 e. The van der Waals surface area contributed by atoms with Crippen LogP contribution in [0.4, 0.5) is 0 Å². The fraction of sp³-hybridized carbons (Fsp3) is 0.167.